The van der Waals surface area contributed by atoms with Gasteiger partial charge in [0.1, 0.15) is 5.75 Å². The third kappa shape index (κ3) is 4.69. The number of hydrogen-bond acceptors (Lipinski definition) is 5. The van der Waals surface area contributed by atoms with Gasteiger partial charge in [-0.25, -0.2) is 9.97 Å². The molecule has 1 aliphatic rings. The highest BCUT2D eigenvalue weighted by Gasteiger charge is 2.37. The number of nitrogens with one attached hydrogen (secondary N) is 2. The molecular formula is C19H21F3N4O. The first-order valence-electron chi connectivity index (χ1n) is 8.65. The number of benzene rings is 1. The molecule has 0 amide bonds. The summed E-state index contributed by atoms with van der Waals surface area (Å²) in [6, 6.07) is 6.77. The van der Waals surface area contributed by atoms with Crippen LogP contribution in [0, 0.1) is 5.92 Å². The van der Waals surface area contributed by atoms with Crippen LogP contribution in [0.1, 0.15) is 30.5 Å². The topological polar surface area (TPSA) is 59.1 Å². The highest BCUT2D eigenvalue weighted by Crippen LogP contribution is 2.34. The van der Waals surface area contributed by atoms with Crippen molar-refractivity contribution >= 4 is 17.3 Å². The summed E-state index contributed by atoms with van der Waals surface area (Å²) in [6.07, 6.45) is -0.127. The quantitative estimate of drug-likeness (QED) is 0.737. The Labute approximate surface area is 155 Å². The van der Waals surface area contributed by atoms with E-state index in [9.17, 15) is 13.2 Å². The maximum absolute atomic E-state index is 13.5. The van der Waals surface area contributed by atoms with E-state index in [0.717, 1.165) is 19.0 Å². The highest BCUT2D eigenvalue weighted by molar-refractivity contribution is 5.65. The second kappa shape index (κ2) is 7.85. The van der Waals surface area contributed by atoms with Crippen molar-refractivity contribution in [3.63, 3.8) is 0 Å². The van der Waals surface area contributed by atoms with Crippen LogP contribution in [0.3, 0.4) is 0 Å². The van der Waals surface area contributed by atoms with Gasteiger partial charge in [0.15, 0.2) is 5.69 Å². The van der Waals surface area contributed by atoms with Gasteiger partial charge in [-0.1, -0.05) is 19.1 Å². The predicted octanol–water partition coefficient (Wildman–Crippen LogP) is 4.61. The first-order valence-corrected chi connectivity index (χ1v) is 8.65. The molecule has 8 heteroatoms. The number of aromatic nitrogens is 2. The Hall–Kier alpha value is -2.77. The standard InChI is InChI=1S/C19H21F3N4O/c1-12(23-10-13-5-3-6-13)16-11-24-18(26-17(16)19(20,21)22)25-14-7-4-8-15(9-14)27-2/h4,7-9,11,13,23H,1,3,5-6,10H2,2H3,(H,24,25,26). The number of ether oxygens (including phenoxy) is 1. The van der Waals surface area contributed by atoms with Crippen molar-refractivity contribution < 1.29 is 17.9 Å². The average molecular weight is 378 g/mol. The summed E-state index contributed by atoms with van der Waals surface area (Å²) >= 11 is 0. The Morgan fingerprint density at radius 2 is 2.11 bits per heavy atom. The predicted molar refractivity (Wildman–Crippen MR) is 97.7 cm³/mol. The molecule has 1 aliphatic carbocycles. The fourth-order valence-corrected chi connectivity index (χ4v) is 2.77. The Kier molecular flexibility index (Phi) is 5.53. The molecule has 3 rings (SSSR count). The van der Waals surface area contributed by atoms with Crippen molar-refractivity contribution in [2.75, 3.05) is 19.0 Å². The van der Waals surface area contributed by atoms with Crippen molar-refractivity contribution in [2.24, 2.45) is 5.92 Å². The van der Waals surface area contributed by atoms with Gasteiger partial charge in [0.25, 0.3) is 0 Å². The minimum Gasteiger partial charge on any atom is -0.497 e. The van der Waals surface area contributed by atoms with Crippen LogP contribution in [0.25, 0.3) is 5.70 Å². The molecule has 5 nitrogen and oxygen atoms in total. The van der Waals surface area contributed by atoms with Crippen LogP contribution in [0.15, 0.2) is 37.0 Å². The van der Waals surface area contributed by atoms with E-state index in [1.54, 1.807) is 24.3 Å². The molecule has 0 saturated heterocycles. The van der Waals surface area contributed by atoms with E-state index >= 15 is 0 Å². The summed E-state index contributed by atoms with van der Waals surface area (Å²) in [5, 5.41) is 5.76. The molecule has 1 saturated carbocycles. The molecule has 1 heterocycles. The number of halogens is 3. The monoisotopic (exact) mass is 378 g/mol. The number of methoxy groups -OCH3 is 1. The molecular weight excluding hydrogens is 357 g/mol. The summed E-state index contributed by atoms with van der Waals surface area (Å²) in [5.41, 5.74) is -0.452. The second-order valence-electron chi connectivity index (χ2n) is 6.47. The summed E-state index contributed by atoms with van der Waals surface area (Å²) < 4.78 is 45.6. The van der Waals surface area contributed by atoms with E-state index in [2.05, 4.69) is 27.2 Å². The lowest BCUT2D eigenvalue weighted by molar-refractivity contribution is -0.141. The Morgan fingerprint density at radius 3 is 2.74 bits per heavy atom. The molecule has 2 aromatic rings. The summed E-state index contributed by atoms with van der Waals surface area (Å²) in [6.45, 7) is 4.35. The first kappa shape index (κ1) is 19.0. The molecule has 2 N–H and O–H groups in total. The molecule has 0 atom stereocenters. The molecule has 0 aliphatic heterocycles. The second-order valence-corrected chi connectivity index (χ2v) is 6.47. The van der Waals surface area contributed by atoms with Crippen LogP contribution >= 0.6 is 0 Å². The van der Waals surface area contributed by atoms with Crippen molar-refractivity contribution in [3.05, 3.63) is 48.3 Å². The van der Waals surface area contributed by atoms with E-state index in [1.807, 2.05) is 0 Å². The zero-order valence-electron chi connectivity index (χ0n) is 14.9. The molecule has 0 radical (unpaired) electrons. The molecule has 0 unspecified atom stereocenters. The Bertz CT molecular complexity index is 819. The van der Waals surface area contributed by atoms with E-state index < -0.39 is 11.9 Å². The number of rotatable bonds is 7. The van der Waals surface area contributed by atoms with Gasteiger partial charge >= 0.3 is 6.18 Å². The van der Waals surface area contributed by atoms with Gasteiger partial charge in [0.2, 0.25) is 5.95 Å². The van der Waals surface area contributed by atoms with Crippen molar-refractivity contribution in [3.8, 4) is 5.75 Å². The Morgan fingerprint density at radius 1 is 1.33 bits per heavy atom. The normalized spacial score (nSPS) is 14.4. The minimum absolute atomic E-state index is 0.141. The molecule has 144 valence electrons. The summed E-state index contributed by atoms with van der Waals surface area (Å²) in [4.78, 5) is 7.71. The van der Waals surface area contributed by atoms with Gasteiger partial charge in [-0.05, 0) is 30.9 Å². The molecule has 0 spiro atoms. The molecule has 1 fully saturated rings. The van der Waals surface area contributed by atoms with Crippen LogP contribution < -0.4 is 15.4 Å². The van der Waals surface area contributed by atoms with Gasteiger partial charge in [0.05, 0.1) is 7.11 Å². The Balaban J connectivity index is 1.81. The van der Waals surface area contributed by atoms with Gasteiger partial charge in [0, 0.05) is 35.8 Å². The average Bonchev–Trinajstić information content (AvgIpc) is 2.59. The highest BCUT2D eigenvalue weighted by atomic mass is 19.4. The fourth-order valence-electron chi connectivity index (χ4n) is 2.77. The smallest absolute Gasteiger partial charge is 0.434 e. The SMILES string of the molecule is C=C(NCC1CCC1)c1cnc(Nc2cccc(OC)c2)nc1C(F)(F)F. The van der Waals surface area contributed by atoms with Gasteiger partial charge < -0.3 is 15.4 Å². The number of alkyl halides is 3. The lowest BCUT2D eigenvalue weighted by Crippen LogP contribution is -2.27. The number of anilines is 2. The fraction of sp³-hybridized carbons (Fsp3) is 0.368. The molecule has 27 heavy (non-hydrogen) atoms. The van der Waals surface area contributed by atoms with E-state index in [1.165, 1.54) is 13.5 Å². The van der Waals surface area contributed by atoms with Crippen molar-refractivity contribution in [2.45, 2.75) is 25.4 Å². The largest absolute Gasteiger partial charge is 0.497 e. The van der Waals surface area contributed by atoms with E-state index in [0.29, 0.717) is 23.9 Å². The van der Waals surface area contributed by atoms with Crippen LogP contribution in [0.4, 0.5) is 24.8 Å². The maximum Gasteiger partial charge on any atom is 0.434 e. The van der Waals surface area contributed by atoms with Gasteiger partial charge in [-0.2, -0.15) is 13.2 Å². The van der Waals surface area contributed by atoms with Crippen LogP contribution in [-0.2, 0) is 6.18 Å². The van der Waals surface area contributed by atoms with Crippen LogP contribution in [0.5, 0.6) is 5.75 Å². The summed E-state index contributed by atoms with van der Waals surface area (Å²) in [7, 11) is 1.51. The van der Waals surface area contributed by atoms with Gasteiger partial charge in [-0.3, -0.25) is 0 Å². The molecule has 0 bridgehead atoms. The van der Waals surface area contributed by atoms with Crippen molar-refractivity contribution in [1.82, 2.24) is 15.3 Å². The third-order valence-electron chi connectivity index (χ3n) is 4.54. The maximum atomic E-state index is 13.5. The summed E-state index contributed by atoms with van der Waals surface area (Å²) in [5.74, 6) is 0.915. The zero-order chi connectivity index (χ0) is 19.4. The number of nitrogens with zero attached hydrogens (tertiary/aromatic N) is 2. The molecule has 1 aromatic heterocycles. The lowest BCUT2D eigenvalue weighted by Gasteiger charge is -2.26. The van der Waals surface area contributed by atoms with Crippen LogP contribution in [0.2, 0.25) is 0 Å². The van der Waals surface area contributed by atoms with E-state index in [4.69, 9.17) is 4.74 Å². The first-order chi connectivity index (χ1) is 12.9. The number of hydrogen-bond donors (Lipinski definition) is 2. The van der Waals surface area contributed by atoms with Crippen molar-refractivity contribution in [1.29, 1.82) is 0 Å². The third-order valence-corrected chi connectivity index (χ3v) is 4.54. The molecule has 1 aromatic carbocycles. The van der Waals surface area contributed by atoms with E-state index in [-0.39, 0.29) is 17.2 Å². The van der Waals surface area contributed by atoms with Gasteiger partial charge in [-0.15, -0.1) is 0 Å². The lowest BCUT2D eigenvalue weighted by atomic mass is 9.85. The zero-order valence-corrected chi connectivity index (χ0v) is 14.9. The van der Waals surface area contributed by atoms with Crippen LogP contribution in [-0.4, -0.2) is 23.6 Å². The minimum atomic E-state index is -4.62.